The van der Waals surface area contributed by atoms with E-state index in [-0.39, 0.29) is 17.1 Å². The maximum absolute atomic E-state index is 12.6. The van der Waals surface area contributed by atoms with Crippen LogP contribution in [0, 0.1) is 15.5 Å². The molecule has 0 radical (unpaired) electrons. The number of nitro benzene ring substituents is 1. The molecule has 3 aliphatic heterocycles. The number of hydrazone groups is 1. The molecule has 10 nitrogen and oxygen atoms in total. The number of nitrogens with one attached hydrogen (secondary N) is 1. The topological polar surface area (TPSA) is 128 Å². The molecule has 0 unspecified atom stereocenters. The van der Waals surface area contributed by atoms with Gasteiger partial charge in [-0.15, -0.1) is 5.10 Å². The maximum Gasteiger partial charge on any atom is 0.283 e. The van der Waals surface area contributed by atoms with Crippen LogP contribution in [0.25, 0.3) is 17.4 Å². The zero-order valence-corrected chi connectivity index (χ0v) is 17.7. The number of nitrogens with zero attached hydrogens (tertiary/aromatic N) is 5. The SMILES string of the molecule is N=C1/C(=C\c2ccc(-c3ccc([N+](=O)[O-])cc3)o2)C(=O)N=C2SC(N3CCCCC3)=NN12. The van der Waals surface area contributed by atoms with Gasteiger partial charge < -0.3 is 9.32 Å². The molecule has 2 aromatic rings. The Hall–Kier alpha value is -3.73. The summed E-state index contributed by atoms with van der Waals surface area (Å²) in [7, 11) is 0. The fraction of sp³-hybridized carbons (Fsp3) is 0.238. The summed E-state index contributed by atoms with van der Waals surface area (Å²) in [6.45, 7) is 1.82. The van der Waals surface area contributed by atoms with E-state index in [1.165, 1.54) is 41.4 Å². The van der Waals surface area contributed by atoms with Gasteiger partial charge in [-0.1, -0.05) is 0 Å². The molecular formula is C21H18N6O4S. The van der Waals surface area contributed by atoms with Crippen molar-refractivity contribution >= 4 is 45.6 Å². The number of nitro groups is 1. The summed E-state index contributed by atoms with van der Waals surface area (Å²) in [5.74, 6) is 0.301. The van der Waals surface area contributed by atoms with Crippen molar-refractivity contribution in [2.45, 2.75) is 19.3 Å². The van der Waals surface area contributed by atoms with Gasteiger partial charge in [0, 0.05) is 30.8 Å². The number of amides is 1. The Bertz CT molecular complexity index is 1210. The first-order valence-corrected chi connectivity index (χ1v) is 10.9. The molecule has 1 aromatic heterocycles. The number of hydrogen-bond acceptors (Lipinski definition) is 8. The Kier molecular flexibility index (Phi) is 5.10. The highest BCUT2D eigenvalue weighted by Crippen LogP contribution is 2.31. The summed E-state index contributed by atoms with van der Waals surface area (Å²) < 4.78 is 5.79. The van der Waals surface area contributed by atoms with E-state index in [0.29, 0.717) is 22.3 Å². The normalized spacial score (nSPS) is 19.8. The maximum atomic E-state index is 12.6. The monoisotopic (exact) mass is 450 g/mol. The van der Waals surface area contributed by atoms with Gasteiger partial charge in [-0.05, 0) is 61.4 Å². The Morgan fingerprint density at radius 1 is 1.09 bits per heavy atom. The molecule has 0 spiro atoms. The summed E-state index contributed by atoms with van der Waals surface area (Å²) in [6.07, 6.45) is 4.87. The molecule has 32 heavy (non-hydrogen) atoms. The summed E-state index contributed by atoms with van der Waals surface area (Å²) in [6, 6.07) is 9.36. The number of likely N-dealkylation sites (tertiary alicyclic amines) is 1. The number of thioether (sulfide) groups is 1. The van der Waals surface area contributed by atoms with Gasteiger partial charge in [0.1, 0.15) is 11.5 Å². The van der Waals surface area contributed by atoms with Gasteiger partial charge in [0.2, 0.25) is 5.17 Å². The van der Waals surface area contributed by atoms with E-state index in [4.69, 9.17) is 9.83 Å². The van der Waals surface area contributed by atoms with Crippen molar-refractivity contribution in [1.29, 1.82) is 5.41 Å². The molecule has 1 aromatic carbocycles. The lowest BCUT2D eigenvalue weighted by Crippen LogP contribution is -2.35. The number of fused-ring (bicyclic) bond motifs is 1. The number of hydrogen-bond donors (Lipinski definition) is 1. The Balaban J connectivity index is 1.38. The molecule has 1 amide bonds. The summed E-state index contributed by atoms with van der Waals surface area (Å²) in [4.78, 5) is 29.2. The minimum atomic E-state index is -0.517. The quantitative estimate of drug-likeness (QED) is 0.426. The number of aliphatic imine (C=N–C) groups is 1. The van der Waals surface area contributed by atoms with E-state index >= 15 is 0 Å². The first-order valence-electron chi connectivity index (χ1n) is 10.1. The van der Waals surface area contributed by atoms with Gasteiger partial charge in [-0.3, -0.25) is 20.3 Å². The van der Waals surface area contributed by atoms with E-state index in [0.717, 1.165) is 31.1 Å². The van der Waals surface area contributed by atoms with Gasteiger partial charge >= 0.3 is 0 Å². The van der Waals surface area contributed by atoms with Crippen molar-refractivity contribution in [3.63, 3.8) is 0 Å². The van der Waals surface area contributed by atoms with Crippen LogP contribution in [0.2, 0.25) is 0 Å². The predicted octanol–water partition coefficient (Wildman–Crippen LogP) is 3.92. The third-order valence-corrected chi connectivity index (χ3v) is 6.32. The van der Waals surface area contributed by atoms with Crippen molar-refractivity contribution in [2.24, 2.45) is 10.1 Å². The van der Waals surface area contributed by atoms with Crippen LogP contribution < -0.4 is 0 Å². The molecule has 3 aliphatic rings. The van der Waals surface area contributed by atoms with E-state index in [2.05, 4.69) is 15.0 Å². The third kappa shape index (κ3) is 3.71. The zero-order valence-electron chi connectivity index (χ0n) is 16.9. The average molecular weight is 450 g/mol. The van der Waals surface area contributed by atoms with Crippen molar-refractivity contribution < 1.29 is 14.1 Å². The number of amidine groups is 3. The van der Waals surface area contributed by atoms with Crippen LogP contribution in [-0.4, -0.2) is 50.0 Å². The van der Waals surface area contributed by atoms with Crippen LogP contribution in [0.1, 0.15) is 25.0 Å². The number of benzene rings is 1. The van der Waals surface area contributed by atoms with Gasteiger partial charge in [0.25, 0.3) is 11.6 Å². The van der Waals surface area contributed by atoms with Crippen molar-refractivity contribution in [1.82, 2.24) is 9.91 Å². The lowest BCUT2D eigenvalue weighted by Gasteiger charge is -2.26. The lowest BCUT2D eigenvalue weighted by molar-refractivity contribution is -0.384. The molecular weight excluding hydrogens is 432 g/mol. The molecule has 1 N–H and O–H groups in total. The molecule has 5 rings (SSSR count). The molecule has 1 fully saturated rings. The average Bonchev–Trinajstić information content (AvgIpc) is 3.45. The number of furan rings is 1. The van der Waals surface area contributed by atoms with E-state index < -0.39 is 10.8 Å². The molecule has 0 bridgehead atoms. The summed E-state index contributed by atoms with van der Waals surface area (Å²) in [5.41, 5.74) is 0.741. The van der Waals surface area contributed by atoms with Crippen LogP contribution in [0.5, 0.6) is 0 Å². The summed E-state index contributed by atoms with van der Waals surface area (Å²) in [5, 5.41) is 26.4. The van der Waals surface area contributed by atoms with Crippen LogP contribution >= 0.6 is 11.8 Å². The number of carbonyl (C=O) groups is 1. The second-order valence-corrected chi connectivity index (χ2v) is 8.39. The number of non-ortho nitro benzene ring substituents is 1. The van der Waals surface area contributed by atoms with Gasteiger partial charge in [-0.25, -0.2) is 0 Å². The van der Waals surface area contributed by atoms with E-state index in [1.54, 1.807) is 24.3 Å². The van der Waals surface area contributed by atoms with Crippen LogP contribution in [0.3, 0.4) is 0 Å². The standard InChI is InChI=1S/C21H18N6O4S/c22-18-16(12-15-8-9-17(31-15)13-4-6-14(7-5-13)27(29)30)19(28)23-20-26(18)24-21(32-20)25-10-2-1-3-11-25/h4-9,12,22H,1-3,10-11H2/b16-12+,22-18?. The first kappa shape index (κ1) is 20.2. The Labute approximate surface area is 186 Å². The smallest absolute Gasteiger partial charge is 0.283 e. The number of carbonyl (C=O) groups excluding carboxylic acids is 1. The highest BCUT2D eigenvalue weighted by Gasteiger charge is 2.37. The zero-order chi connectivity index (χ0) is 22.2. The fourth-order valence-corrected chi connectivity index (χ4v) is 4.61. The minimum absolute atomic E-state index is 0.00877. The van der Waals surface area contributed by atoms with Gasteiger partial charge in [0.15, 0.2) is 11.0 Å². The molecule has 0 saturated carbocycles. The van der Waals surface area contributed by atoms with Crippen molar-refractivity contribution in [2.75, 3.05) is 13.1 Å². The Morgan fingerprint density at radius 3 is 2.56 bits per heavy atom. The van der Waals surface area contributed by atoms with E-state index in [1.807, 2.05) is 0 Å². The number of piperidine rings is 1. The molecule has 162 valence electrons. The van der Waals surface area contributed by atoms with Crippen LogP contribution in [0.15, 0.2) is 56.5 Å². The second-order valence-electron chi connectivity index (χ2n) is 7.46. The van der Waals surface area contributed by atoms with Gasteiger partial charge in [-0.2, -0.15) is 10.0 Å². The highest BCUT2D eigenvalue weighted by atomic mass is 32.2. The highest BCUT2D eigenvalue weighted by molar-refractivity contribution is 8.26. The molecule has 1 saturated heterocycles. The molecule has 0 aliphatic carbocycles. The Morgan fingerprint density at radius 2 is 1.84 bits per heavy atom. The first-order chi connectivity index (χ1) is 15.5. The lowest BCUT2D eigenvalue weighted by atomic mass is 10.1. The molecule has 0 atom stereocenters. The molecule has 11 heteroatoms. The van der Waals surface area contributed by atoms with Crippen LogP contribution in [-0.2, 0) is 4.79 Å². The van der Waals surface area contributed by atoms with Crippen LogP contribution in [0.4, 0.5) is 5.69 Å². The van der Waals surface area contributed by atoms with Crippen molar-refractivity contribution in [3.05, 3.63) is 57.8 Å². The largest absolute Gasteiger partial charge is 0.457 e. The van der Waals surface area contributed by atoms with Gasteiger partial charge in [0.05, 0.1) is 10.5 Å². The fourth-order valence-electron chi connectivity index (χ4n) is 3.67. The van der Waals surface area contributed by atoms with Crippen molar-refractivity contribution in [3.8, 4) is 11.3 Å². The number of rotatable bonds is 3. The summed E-state index contributed by atoms with van der Waals surface area (Å²) >= 11 is 1.31. The second kappa shape index (κ2) is 8.08. The molecule has 4 heterocycles. The predicted molar refractivity (Wildman–Crippen MR) is 121 cm³/mol. The minimum Gasteiger partial charge on any atom is -0.457 e. The third-order valence-electron chi connectivity index (χ3n) is 5.35. The van der Waals surface area contributed by atoms with E-state index in [9.17, 15) is 14.9 Å².